The third-order valence-electron chi connectivity index (χ3n) is 4.65. The fourth-order valence-corrected chi connectivity index (χ4v) is 4.62. The van der Waals surface area contributed by atoms with E-state index >= 15 is 0 Å². The molecule has 4 rings (SSSR count). The summed E-state index contributed by atoms with van der Waals surface area (Å²) in [5, 5.41) is 10.5. The molecule has 0 fully saturated rings. The molecule has 0 unspecified atom stereocenters. The van der Waals surface area contributed by atoms with Crippen LogP contribution in [-0.2, 0) is 20.4 Å². The van der Waals surface area contributed by atoms with Crippen molar-refractivity contribution in [1.29, 1.82) is 0 Å². The highest BCUT2D eigenvalue weighted by molar-refractivity contribution is 8.05. The molecule has 1 aliphatic rings. The first kappa shape index (κ1) is 21.3. The molecule has 8 nitrogen and oxygen atoms in total. The van der Waals surface area contributed by atoms with Gasteiger partial charge in [-0.1, -0.05) is 21.9 Å². The standard InChI is InChI=1S/C20H17ClFN3O5S/c1-20(2)9-18(25-30-20)31(27,28)10-16-13-7-15(14(22)8-17(13)29-24-16)23-19(26)11-3-5-12(21)6-4-11/h3-8H,9-10H2,1-2H3,(H,23,26). The molecule has 1 N–H and O–H groups in total. The number of benzene rings is 2. The number of oxime groups is 1. The van der Waals surface area contributed by atoms with Gasteiger partial charge >= 0.3 is 0 Å². The van der Waals surface area contributed by atoms with Crippen molar-refractivity contribution in [1.82, 2.24) is 5.16 Å². The Morgan fingerprint density at radius 3 is 2.61 bits per heavy atom. The molecule has 11 heteroatoms. The molecule has 0 bridgehead atoms. The summed E-state index contributed by atoms with van der Waals surface area (Å²) in [7, 11) is -3.83. The van der Waals surface area contributed by atoms with Crippen molar-refractivity contribution in [2.45, 2.75) is 31.6 Å². The number of halogens is 2. The van der Waals surface area contributed by atoms with E-state index in [0.717, 1.165) is 6.07 Å². The highest BCUT2D eigenvalue weighted by Gasteiger charge is 2.36. The van der Waals surface area contributed by atoms with Crippen LogP contribution in [0.4, 0.5) is 10.1 Å². The number of hydrogen-bond acceptors (Lipinski definition) is 7. The third-order valence-corrected chi connectivity index (χ3v) is 6.49. The van der Waals surface area contributed by atoms with Crippen LogP contribution < -0.4 is 5.32 Å². The van der Waals surface area contributed by atoms with Crippen LogP contribution in [0.5, 0.6) is 0 Å². The smallest absolute Gasteiger partial charge is 0.255 e. The number of aromatic nitrogens is 1. The fourth-order valence-electron chi connectivity index (χ4n) is 3.04. The zero-order chi connectivity index (χ0) is 22.4. The average Bonchev–Trinajstić information content (AvgIpc) is 3.25. The minimum atomic E-state index is -3.83. The zero-order valence-corrected chi connectivity index (χ0v) is 18.1. The molecule has 0 aliphatic carbocycles. The van der Waals surface area contributed by atoms with Gasteiger partial charge in [0.2, 0.25) is 9.84 Å². The number of sulfone groups is 1. The van der Waals surface area contributed by atoms with Gasteiger partial charge in [-0.05, 0) is 44.2 Å². The number of hydrogen-bond donors (Lipinski definition) is 1. The highest BCUT2D eigenvalue weighted by atomic mass is 35.5. The molecule has 1 aromatic heterocycles. The van der Waals surface area contributed by atoms with Crippen molar-refractivity contribution in [3.05, 3.63) is 58.5 Å². The van der Waals surface area contributed by atoms with Crippen LogP contribution in [0.25, 0.3) is 11.0 Å². The maximum absolute atomic E-state index is 14.5. The summed E-state index contributed by atoms with van der Waals surface area (Å²) >= 11 is 5.81. The van der Waals surface area contributed by atoms with Gasteiger partial charge in [0.1, 0.15) is 17.0 Å². The number of rotatable bonds is 4. The molecule has 3 aromatic rings. The second kappa shape index (κ2) is 7.61. The summed E-state index contributed by atoms with van der Waals surface area (Å²) in [5.41, 5.74) is -0.450. The first-order valence-electron chi connectivity index (χ1n) is 9.17. The molecule has 1 amide bonds. The van der Waals surface area contributed by atoms with Crippen molar-refractivity contribution in [3.8, 4) is 0 Å². The van der Waals surface area contributed by atoms with Crippen molar-refractivity contribution >= 4 is 49.0 Å². The first-order chi connectivity index (χ1) is 14.5. The lowest BCUT2D eigenvalue weighted by molar-refractivity contribution is 0.0123. The van der Waals surface area contributed by atoms with Crippen molar-refractivity contribution in [3.63, 3.8) is 0 Å². The summed E-state index contributed by atoms with van der Waals surface area (Å²) in [6.07, 6.45) is 0.127. The maximum atomic E-state index is 14.5. The first-order valence-corrected chi connectivity index (χ1v) is 11.2. The molecule has 31 heavy (non-hydrogen) atoms. The minimum absolute atomic E-state index is 0.0529. The van der Waals surface area contributed by atoms with Crippen LogP contribution in [0.1, 0.15) is 36.3 Å². The fraction of sp³-hybridized carbons (Fsp3) is 0.250. The summed E-state index contributed by atoms with van der Waals surface area (Å²) in [6.45, 7) is 3.45. The molecule has 162 valence electrons. The van der Waals surface area contributed by atoms with E-state index in [4.69, 9.17) is 21.0 Å². The third kappa shape index (κ3) is 4.40. The monoisotopic (exact) mass is 465 g/mol. The topological polar surface area (TPSA) is 111 Å². The van der Waals surface area contributed by atoms with Gasteiger partial charge in [0.15, 0.2) is 16.4 Å². The SMILES string of the molecule is CC1(C)CC(S(=O)(=O)Cc2noc3cc(F)c(NC(=O)c4ccc(Cl)cc4)cc23)=NO1. The number of carbonyl (C=O) groups excluding carboxylic acids is 1. The lowest BCUT2D eigenvalue weighted by Crippen LogP contribution is -2.23. The van der Waals surface area contributed by atoms with Crippen molar-refractivity contribution < 1.29 is 27.0 Å². The lowest BCUT2D eigenvalue weighted by atomic mass is 10.1. The molecule has 2 aromatic carbocycles. The Labute approximate surface area is 181 Å². The molecule has 0 spiro atoms. The highest BCUT2D eigenvalue weighted by Crippen LogP contribution is 2.30. The van der Waals surface area contributed by atoms with E-state index in [0.29, 0.717) is 5.02 Å². The van der Waals surface area contributed by atoms with Crippen LogP contribution in [0, 0.1) is 5.82 Å². The van der Waals surface area contributed by atoms with E-state index < -0.39 is 32.9 Å². The molecule has 0 radical (unpaired) electrons. The second-order valence-electron chi connectivity index (χ2n) is 7.69. The molecule has 0 saturated heterocycles. The van der Waals surface area contributed by atoms with E-state index in [1.54, 1.807) is 13.8 Å². The van der Waals surface area contributed by atoms with E-state index in [9.17, 15) is 17.6 Å². The van der Waals surface area contributed by atoms with Crippen LogP contribution in [0.2, 0.25) is 5.02 Å². The zero-order valence-electron chi connectivity index (χ0n) is 16.5. The number of anilines is 1. The Morgan fingerprint density at radius 2 is 1.97 bits per heavy atom. The van der Waals surface area contributed by atoms with Gasteiger partial charge in [0.25, 0.3) is 5.91 Å². The summed E-state index contributed by atoms with van der Waals surface area (Å²) in [6, 6.07) is 8.40. The number of nitrogens with zero attached hydrogens (tertiary/aromatic N) is 2. The van der Waals surface area contributed by atoms with E-state index in [-0.39, 0.29) is 39.4 Å². The summed E-state index contributed by atoms with van der Waals surface area (Å²) in [4.78, 5) is 17.5. The second-order valence-corrected chi connectivity index (χ2v) is 10.1. The van der Waals surface area contributed by atoms with E-state index in [1.165, 1.54) is 30.3 Å². The Kier molecular flexibility index (Phi) is 5.22. The molecule has 1 aliphatic heterocycles. The lowest BCUT2D eigenvalue weighted by Gasteiger charge is -2.13. The Balaban J connectivity index is 1.62. The van der Waals surface area contributed by atoms with Crippen molar-refractivity contribution in [2.75, 3.05) is 5.32 Å². The molecule has 2 heterocycles. The molecular formula is C20H17ClFN3O5S. The number of amides is 1. The molecule has 0 atom stereocenters. The largest absolute Gasteiger partial charge is 0.389 e. The summed E-state index contributed by atoms with van der Waals surface area (Å²) < 4.78 is 45.0. The predicted molar refractivity (Wildman–Crippen MR) is 113 cm³/mol. The van der Waals surface area contributed by atoms with Crippen LogP contribution in [0.3, 0.4) is 0 Å². The Bertz CT molecular complexity index is 1320. The molecular weight excluding hydrogens is 449 g/mol. The predicted octanol–water partition coefficient (Wildman–Crippen LogP) is 4.30. The average molecular weight is 466 g/mol. The van der Waals surface area contributed by atoms with Crippen molar-refractivity contribution in [2.24, 2.45) is 5.16 Å². The van der Waals surface area contributed by atoms with Gasteiger partial charge in [-0.25, -0.2) is 12.8 Å². The van der Waals surface area contributed by atoms with Gasteiger partial charge in [-0.15, -0.1) is 0 Å². The van der Waals surface area contributed by atoms with Gasteiger partial charge in [0, 0.05) is 28.5 Å². The minimum Gasteiger partial charge on any atom is -0.389 e. The normalized spacial score (nSPS) is 15.5. The number of nitrogens with one attached hydrogen (secondary N) is 1. The van der Waals surface area contributed by atoms with Crippen LogP contribution in [0.15, 0.2) is 46.1 Å². The number of fused-ring (bicyclic) bond motifs is 1. The van der Waals surface area contributed by atoms with E-state index in [1.807, 2.05) is 0 Å². The quantitative estimate of drug-likeness (QED) is 0.615. The number of carbonyl (C=O) groups is 1. The maximum Gasteiger partial charge on any atom is 0.255 e. The molecule has 0 saturated carbocycles. The van der Waals surface area contributed by atoms with Crippen LogP contribution >= 0.6 is 11.6 Å². The van der Waals surface area contributed by atoms with Gasteiger partial charge in [-0.2, -0.15) is 0 Å². The summed E-state index contributed by atoms with van der Waals surface area (Å²) in [5.74, 6) is -1.81. The van der Waals surface area contributed by atoms with Gasteiger partial charge in [0.05, 0.1) is 5.69 Å². The Hall–Kier alpha value is -2.98. The van der Waals surface area contributed by atoms with Gasteiger partial charge in [-0.3, -0.25) is 4.79 Å². The van der Waals surface area contributed by atoms with E-state index in [2.05, 4.69) is 15.6 Å². The Morgan fingerprint density at radius 1 is 1.26 bits per heavy atom. The van der Waals surface area contributed by atoms with Crippen LogP contribution in [-0.4, -0.2) is 30.1 Å². The van der Waals surface area contributed by atoms with Gasteiger partial charge < -0.3 is 14.7 Å².